The standard InChI is InChI=1S/C14H15NO.ClH/c1-16-13-9-7-12(8-10-13)14(15)11-5-3-2-4-6-11;/h2-10,14H,15H2,1H3;1H. The van der Waals surface area contributed by atoms with Crippen LogP contribution >= 0.6 is 0 Å². The molecule has 2 nitrogen and oxygen atoms in total. The van der Waals surface area contributed by atoms with Crippen molar-refractivity contribution in [2.45, 2.75) is 6.04 Å². The molecule has 0 saturated heterocycles. The van der Waals surface area contributed by atoms with Crippen molar-refractivity contribution >= 4 is 0 Å². The van der Waals surface area contributed by atoms with Gasteiger partial charge in [0.1, 0.15) is 11.8 Å². The SMILES string of the molecule is COc1ccc(C([NH3+])c2ccccc2)cc1.[Cl-]. The fourth-order valence-electron chi connectivity index (χ4n) is 1.71. The predicted octanol–water partition coefficient (Wildman–Crippen LogP) is -0.969. The number of rotatable bonds is 3. The Morgan fingerprint density at radius 1 is 0.882 bits per heavy atom. The Morgan fingerprint density at radius 3 is 1.94 bits per heavy atom. The molecule has 2 rings (SSSR count). The fraction of sp³-hybridized carbons (Fsp3) is 0.143. The van der Waals surface area contributed by atoms with E-state index in [9.17, 15) is 0 Å². The number of methoxy groups -OCH3 is 1. The lowest BCUT2D eigenvalue weighted by Crippen LogP contribution is -3.00. The molecule has 2 aromatic carbocycles. The Labute approximate surface area is 108 Å². The van der Waals surface area contributed by atoms with E-state index in [2.05, 4.69) is 30.0 Å². The minimum atomic E-state index is 0. The Kier molecular flexibility index (Phi) is 5.01. The van der Waals surface area contributed by atoms with E-state index < -0.39 is 0 Å². The molecule has 0 bridgehead atoms. The van der Waals surface area contributed by atoms with Crippen molar-refractivity contribution < 1.29 is 22.9 Å². The highest BCUT2D eigenvalue weighted by atomic mass is 35.5. The van der Waals surface area contributed by atoms with Gasteiger partial charge in [0.2, 0.25) is 0 Å². The third-order valence-corrected chi connectivity index (χ3v) is 2.72. The van der Waals surface area contributed by atoms with E-state index >= 15 is 0 Å². The summed E-state index contributed by atoms with van der Waals surface area (Å²) in [7, 11) is 1.67. The first-order chi connectivity index (χ1) is 7.81. The summed E-state index contributed by atoms with van der Waals surface area (Å²) >= 11 is 0. The summed E-state index contributed by atoms with van der Waals surface area (Å²) < 4.78 is 5.13. The van der Waals surface area contributed by atoms with Crippen LogP contribution in [0.1, 0.15) is 17.2 Å². The zero-order valence-corrected chi connectivity index (χ0v) is 10.5. The number of halogens is 1. The lowest BCUT2D eigenvalue weighted by Gasteiger charge is -2.09. The van der Waals surface area contributed by atoms with E-state index in [0.29, 0.717) is 0 Å². The molecule has 0 heterocycles. The molecule has 0 radical (unpaired) electrons. The second kappa shape index (κ2) is 6.28. The average Bonchev–Trinajstić information content (AvgIpc) is 2.39. The molecular formula is C14H16ClNO. The topological polar surface area (TPSA) is 36.9 Å². The van der Waals surface area contributed by atoms with Crippen LogP contribution in [0, 0.1) is 0 Å². The van der Waals surface area contributed by atoms with Crippen molar-refractivity contribution in [2.24, 2.45) is 0 Å². The molecule has 2 aromatic rings. The maximum Gasteiger partial charge on any atom is 0.136 e. The van der Waals surface area contributed by atoms with Crippen molar-refractivity contribution in [3.05, 3.63) is 65.7 Å². The molecule has 1 unspecified atom stereocenters. The zero-order valence-electron chi connectivity index (χ0n) is 9.77. The van der Waals surface area contributed by atoms with Crippen LogP contribution in [-0.4, -0.2) is 7.11 Å². The first-order valence-corrected chi connectivity index (χ1v) is 5.33. The number of ether oxygens (including phenoxy) is 1. The van der Waals surface area contributed by atoms with Crippen LogP contribution in [0.4, 0.5) is 0 Å². The average molecular weight is 250 g/mol. The van der Waals surface area contributed by atoms with Gasteiger partial charge < -0.3 is 22.9 Å². The highest BCUT2D eigenvalue weighted by molar-refractivity contribution is 5.33. The van der Waals surface area contributed by atoms with Crippen LogP contribution in [-0.2, 0) is 0 Å². The fourth-order valence-corrected chi connectivity index (χ4v) is 1.71. The first kappa shape index (κ1) is 13.6. The molecule has 0 spiro atoms. The normalized spacial score (nSPS) is 11.4. The summed E-state index contributed by atoms with van der Waals surface area (Å²) in [4.78, 5) is 0. The summed E-state index contributed by atoms with van der Waals surface area (Å²) in [6.45, 7) is 0. The van der Waals surface area contributed by atoms with Crippen LogP contribution in [0.3, 0.4) is 0 Å². The number of hydrogen-bond acceptors (Lipinski definition) is 1. The van der Waals surface area contributed by atoms with E-state index in [4.69, 9.17) is 4.74 Å². The quantitative estimate of drug-likeness (QED) is 0.747. The second-order valence-electron chi connectivity index (χ2n) is 3.74. The lowest BCUT2D eigenvalue weighted by atomic mass is 10.00. The Hall–Kier alpha value is -1.51. The van der Waals surface area contributed by atoms with Gasteiger partial charge in [0, 0.05) is 11.1 Å². The smallest absolute Gasteiger partial charge is 0.136 e. The summed E-state index contributed by atoms with van der Waals surface area (Å²) in [6, 6.07) is 18.5. The minimum absolute atomic E-state index is 0. The van der Waals surface area contributed by atoms with Gasteiger partial charge in [-0.05, 0) is 24.3 Å². The molecular weight excluding hydrogens is 234 g/mol. The Bertz CT molecular complexity index is 442. The maximum atomic E-state index is 5.13. The number of hydrogen-bond donors (Lipinski definition) is 1. The lowest BCUT2D eigenvalue weighted by molar-refractivity contribution is -0.411. The predicted molar refractivity (Wildman–Crippen MR) is 64.2 cm³/mol. The van der Waals surface area contributed by atoms with E-state index in [-0.39, 0.29) is 18.4 Å². The zero-order chi connectivity index (χ0) is 11.4. The molecule has 0 aliphatic carbocycles. The molecule has 0 aromatic heterocycles. The molecule has 0 aliphatic heterocycles. The first-order valence-electron chi connectivity index (χ1n) is 5.33. The molecule has 17 heavy (non-hydrogen) atoms. The van der Waals surface area contributed by atoms with E-state index in [1.165, 1.54) is 11.1 Å². The van der Waals surface area contributed by atoms with Crippen molar-refractivity contribution in [3.63, 3.8) is 0 Å². The molecule has 0 fully saturated rings. The third kappa shape index (κ3) is 3.22. The molecule has 90 valence electrons. The summed E-state index contributed by atoms with van der Waals surface area (Å²) in [5.74, 6) is 0.879. The molecule has 3 N–H and O–H groups in total. The van der Waals surface area contributed by atoms with Crippen molar-refractivity contribution in [3.8, 4) is 5.75 Å². The summed E-state index contributed by atoms with van der Waals surface area (Å²) in [6.07, 6.45) is 0. The van der Waals surface area contributed by atoms with Crippen LogP contribution in [0.2, 0.25) is 0 Å². The van der Waals surface area contributed by atoms with Gasteiger partial charge in [0.05, 0.1) is 7.11 Å². The molecule has 1 atom stereocenters. The van der Waals surface area contributed by atoms with E-state index in [1.807, 2.05) is 30.3 Å². The molecule has 0 aliphatic rings. The van der Waals surface area contributed by atoms with Crippen molar-refractivity contribution in [2.75, 3.05) is 7.11 Å². The van der Waals surface area contributed by atoms with Gasteiger partial charge in [0.25, 0.3) is 0 Å². The van der Waals surface area contributed by atoms with Gasteiger partial charge in [-0.3, -0.25) is 0 Å². The number of quaternary nitrogens is 1. The van der Waals surface area contributed by atoms with E-state index in [1.54, 1.807) is 7.11 Å². The highest BCUT2D eigenvalue weighted by Crippen LogP contribution is 2.20. The van der Waals surface area contributed by atoms with Gasteiger partial charge in [-0.15, -0.1) is 0 Å². The van der Waals surface area contributed by atoms with Crippen LogP contribution in [0.5, 0.6) is 5.75 Å². The van der Waals surface area contributed by atoms with Gasteiger partial charge in [-0.2, -0.15) is 0 Å². The number of benzene rings is 2. The summed E-state index contributed by atoms with van der Waals surface area (Å²) in [5.41, 5.74) is 6.62. The van der Waals surface area contributed by atoms with Gasteiger partial charge in [-0.1, -0.05) is 30.3 Å². The van der Waals surface area contributed by atoms with E-state index in [0.717, 1.165) is 5.75 Å². The minimum Gasteiger partial charge on any atom is -1.00 e. The van der Waals surface area contributed by atoms with Crippen LogP contribution in [0.25, 0.3) is 0 Å². The maximum absolute atomic E-state index is 5.13. The Morgan fingerprint density at radius 2 is 1.41 bits per heavy atom. The molecule has 3 heteroatoms. The van der Waals surface area contributed by atoms with Crippen molar-refractivity contribution in [1.29, 1.82) is 0 Å². The largest absolute Gasteiger partial charge is 1.00 e. The van der Waals surface area contributed by atoms with Crippen LogP contribution < -0.4 is 22.9 Å². The highest BCUT2D eigenvalue weighted by Gasteiger charge is 2.11. The van der Waals surface area contributed by atoms with Gasteiger partial charge >= 0.3 is 0 Å². The summed E-state index contributed by atoms with van der Waals surface area (Å²) in [5, 5.41) is 0. The van der Waals surface area contributed by atoms with Gasteiger partial charge in [0.15, 0.2) is 0 Å². The monoisotopic (exact) mass is 249 g/mol. The third-order valence-electron chi connectivity index (χ3n) is 2.72. The van der Waals surface area contributed by atoms with Crippen molar-refractivity contribution in [1.82, 2.24) is 0 Å². The Balaban J connectivity index is 0.00000144. The second-order valence-corrected chi connectivity index (χ2v) is 3.74. The van der Waals surface area contributed by atoms with Crippen LogP contribution in [0.15, 0.2) is 54.6 Å². The van der Waals surface area contributed by atoms with Gasteiger partial charge in [-0.25, -0.2) is 0 Å². The molecule has 0 amide bonds. The molecule has 0 saturated carbocycles.